The van der Waals surface area contributed by atoms with Crippen molar-refractivity contribution in [3.63, 3.8) is 0 Å². The number of hydrogen-bond donors (Lipinski definition) is 1. The molecule has 0 atom stereocenters. The molecule has 1 aromatic carbocycles. The number of likely N-dealkylation sites (tertiary alicyclic amines) is 1. The van der Waals surface area contributed by atoms with Crippen LogP contribution in [0.2, 0.25) is 0 Å². The van der Waals surface area contributed by atoms with Crippen LogP contribution in [0.4, 0.5) is 4.39 Å². The molecule has 0 saturated carbocycles. The molecule has 4 heteroatoms. The third kappa shape index (κ3) is 2.95. The van der Waals surface area contributed by atoms with Gasteiger partial charge in [-0.15, -0.1) is 0 Å². The molecular formula is C15H21FN2O. The van der Waals surface area contributed by atoms with Crippen molar-refractivity contribution in [1.29, 1.82) is 0 Å². The zero-order valence-electron chi connectivity index (χ0n) is 11.8. The standard InChI is InChI=1S/C15H21FN2O/c1-11-10-12(16)4-5-13(11)14(19)18-8-6-15(2,17-3)7-9-18/h4-5,10,17H,6-9H2,1-3H3. The van der Waals surface area contributed by atoms with Crippen LogP contribution in [0.1, 0.15) is 35.7 Å². The lowest BCUT2D eigenvalue weighted by Gasteiger charge is -2.39. The molecule has 0 radical (unpaired) electrons. The third-order valence-corrected chi connectivity index (χ3v) is 4.18. The van der Waals surface area contributed by atoms with Gasteiger partial charge in [-0.2, -0.15) is 0 Å². The van der Waals surface area contributed by atoms with Crippen molar-refractivity contribution in [3.05, 3.63) is 35.1 Å². The van der Waals surface area contributed by atoms with E-state index in [4.69, 9.17) is 0 Å². The summed E-state index contributed by atoms with van der Waals surface area (Å²) in [4.78, 5) is 14.3. The van der Waals surface area contributed by atoms with E-state index in [-0.39, 0.29) is 17.3 Å². The SMILES string of the molecule is CNC1(C)CCN(C(=O)c2ccc(F)cc2C)CC1. The topological polar surface area (TPSA) is 32.3 Å². The van der Waals surface area contributed by atoms with Crippen molar-refractivity contribution in [1.82, 2.24) is 10.2 Å². The summed E-state index contributed by atoms with van der Waals surface area (Å²) >= 11 is 0. The van der Waals surface area contributed by atoms with E-state index in [9.17, 15) is 9.18 Å². The maximum absolute atomic E-state index is 13.1. The quantitative estimate of drug-likeness (QED) is 0.889. The summed E-state index contributed by atoms with van der Waals surface area (Å²) in [5.41, 5.74) is 1.43. The number of amides is 1. The van der Waals surface area contributed by atoms with Crippen molar-refractivity contribution >= 4 is 5.91 Å². The van der Waals surface area contributed by atoms with Gasteiger partial charge in [0.05, 0.1) is 0 Å². The molecule has 0 aliphatic carbocycles. The van der Waals surface area contributed by atoms with Gasteiger partial charge in [0.2, 0.25) is 0 Å². The van der Waals surface area contributed by atoms with Gasteiger partial charge in [0.1, 0.15) is 5.82 Å². The van der Waals surface area contributed by atoms with Crippen LogP contribution in [0.15, 0.2) is 18.2 Å². The van der Waals surface area contributed by atoms with Gasteiger partial charge in [-0.3, -0.25) is 4.79 Å². The van der Waals surface area contributed by atoms with Crippen LogP contribution >= 0.6 is 0 Å². The average molecular weight is 264 g/mol. The number of nitrogens with one attached hydrogen (secondary N) is 1. The Morgan fingerprint density at radius 3 is 2.53 bits per heavy atom. The van der Waals surface area contributed by atoms with Crippen LogP contribution in [-0.4, -0.2) is 36.5 Å². The summed E-state index contributed by atoms with van der Waals surface area (Å²) in [5.74, 6) is -0.286. The number of rotatable bonds is 2. The third-order valence-electron chi connectivity index (χ3n) is 4.18. The van der Waals surface area contributed by atoms with E-state index in [1.807, 2.05) is 11.9 Å². The van der Waals surface area contributed by atoms with Crippen LogP contribution < -0.4 is 5.32 Å². The summed E-state index contributed by atoms with van der Waals surface area (Å²) in [6.45, 7) is 5.44. The first kappa shape index (κ1) is 14.0. The first-order valence-corrected chi connectivity index (χ1v) is 6.69. The van der Waals surface area contributed by atoms with Crippen molar-refractivity contribution in [2.75, 3.05) is 20.1 Å². The zero-order valence-corrected chi connectivity index (χ0v) is 11.8. The Labute approximate surface area is 113 Å². The number of piperidine rings is 1. The van der Waals surface area contributed by atoms with Crippen LogP contribution in [0.25, 0.3) is 0 Å². The molecule has 1 amide bonds. The van der Waals surface area contributed by atoms with E-state index < -0.39 is 0 Å². The number of carbonyl (C=O) groups is 1. The maximum atomic E-state index is 13.1. The lowest BCUT2D eigenvalue weighted by molar-refractivity contribution is 0.0661. The van der Waals surface area contributed by atoms with E-state index in [1.54, 1.807) is 13.0 Å². The van der Waals surface area contributed by atoms with E-state index >= 15 is 0 Å². The van der Waals surface area contributed by atoms with E-state index in [0.717, 1.165) is 25.9 Å². The molecule has 1 aromatic rings. The average Bonchev–Trinajstić information content (AvgIpc) is 2.39. The van der Waals surface area contributed by atoms with E-state index in [2.05, 4.69) is 12.2 Å². The molecule has 1 saturated heterocycles. The van der Waals surface area contributed by atoms with E-state index in [1.165, 1.54) is 12.1 Å². The summed E-state index contributed by atoms with van der Waals surface area (Å²) < 4.78 is 13.1. The minimum absolute atomic E-state index is 0.00986. The molecule has 0 unspecified atom stereocenters. The number of halogens is 1. The van der Waals surface area contributed by atoms with E-state index in [0.29, 0.717) is 11.1 Å². The molecule has 1 fully saturated rings. The van der Waals surface area contributed by atoms with Gasteiger partial charge in [0, 0.05) is 24.2 Å². The van der Waals surface area contributed by atoms with Crippen molar-refractivity contribution in [3.8, 4) is 0 Å². The monoisotopic (exact) mass is 264 g/mol. The molecule has 1 N–H and O–H groups in total. The van der Waals surface area contributed by atoms with Gasteiger partial charge in [0.15, 0.2) is 0 Å². The molecule has 3 nitrogen and oxygen atoms in total. The predicted octanol–water partition coefficient (Wildman–Crippen LogP) is 2.35. The highest BCUT2D eigenvalue weighted by molar-refractivity contribution is 5.95. The fraction of sp³-hybridized carbons (Fsp3) is 0.533. The van der Waals surface area contributed by atoms with Crippen molar-refractivity contribution in [2.24, 2.45) is 0 Å². The summed E-state index contributed by atoms with van der Waals surface area (Å²) in [6.07, 6.45) is 1.88. The van der Waals surface area contributed by atoms with Gasteiger partial charge < -0.3 is 10.2 Å². The molecule has 2 rings (SSSR count). The van der Waals surface area contributed by atoms with Crippen LogP contribution in [0, 0.1) is 12.7 Å². The fourth-order valence-corrected chi connectivity index (χ4v) is 2.49. The Morgan fingerprint density at radius 1 is 1.37 bits per heavy atom. The number of aryl methyl sites for hydroxylation is 1. The lowest BCUT2D eigenvalue weighted by atomic mass is 9.89. The zero-order chi connectivity index (χ0) is 14.0. The number of nitrogens with zero attached hydrogens (tertiary/aromatic N) is 1. The second kappa shape index (κ2) is 5.29. The summed E-state index contributed by atoms with van der Waals surface area (Å²) in [5, 5.41) is 3.31. The minimum Gasteiger partial charge on any atom is -0.339 e. The van der Waals surface area contributed by atoms with Gasteiger partial charge in [-0.1, -0.05) is 0 Å². The largest absolute Gasteiger partial charge is 0.339 e. The first-order chi connectivity index (χ1) is 8.95. The Kier molecular flexibility index (Phi) is 3.90. The van der Waals surface area contributed by atoms with Gasteiger partial charge >= 0.3 is 0 Å². The Morgan fingerprint density at radius 2 is 2.00 bits per heavy atom. The van der Waals surface area contributed by atoms with Crippen molar-refractivity contribution in [2.45, 2.75) is 32.2 Å². The highest BCUT2D eigenvalue weighted by Gasteiger charge is 2.30. The van der Waals surface area contributed by atoms with Gasteiger partial charge in [-0.25, -0.2) is 4.39 Å². The molecule has 0 aromatic heterocycles. The Hall–Kier alpha value is -1.42. The second-order valence-corrected chi connectivity index (χ2v) is 5.56. The first-order valence-electron chi connectivity index (χ1n) is 6.69. The van der Waals surface area contributed by atoms with Crippen LogP contribution in [0.3, 0.4) is 0 Å². The fourth-order valence-electron chi connectivity index (χ4n) is 2.49. The van der Waals surface area contributed by atoms with Crippen LogP contribution in [-0.2, 0) is 0 Å². The normalized spacial score (nSPS) is 18.4. The molecule has 19 heavy (non-hydrogen) atoms. The maximum Gasteiger partial charge on any atom is 0.254 e. The molecule has 104 valence electrons. The van der Waals surface area contributed by atoms with Gasteiger partial charge in [-0.05, 0) is 57.5 Å². The minimum atomic E-state index is -0.296. The smallest absolute Gasteiger partial charge is 0.254 e. The molecule has 0 spiro atoms. The molecule has 1 heterocycles. The predicted molar refractivity (Wildman–Crippen MR) is 73.7 cm³/mol. The van der Waals surface area contributed by atoms with Crippen LogP contribution in [0.5, 0.6) is 0 Å². The number of hydrogen-bond acceptors (Lipinski definition) is 2. The summed E-state index contributed by atoms with van der Waals surface area (Å²) in [7, 11) is 1.96. The lowest BCUT2D eigenvalue weighted by Crippen LogP contribution is -2.51. The molecule has 0 bridgehead atoms. The Bertz CT molecular complexity index is 479. The molecule has 1 aliphatic heterocycles. The number of carbonyl (C=O) groups excluding carboxylic acids is 1. The Balaban J connectivity index is 2.09. The second-order valence-electron chi connectivity index (χ2n) is 5.56. The number of benzene rings is 1. The van der Waals surface area contributed by atoms with Crippen molar-refractivity contribution < 1.29 is 9.18 Å². The highest BCUT2D eigenvalue weighted by atomic mass is 19.1. The summed E-state index contributed by atoms with van der Waals surface area (Å²) in [6, 6.07) is 4.34. The highest BCUT2D eigenvalue weighted by Crippen LogP contribution is 2.23. The molecular weight excluding hydrogens is 243 g/mol. The van der Waals surface area contributed by atoms with Gasteiger partial charge in [0.25, 0.3) is 5.91 Å². The molecule has 1 aliphatic rings.